The third kappa shape index (κ3) is 3.92. The predicted octanol–water partition coefficient (Wildman–Crippen LogP) is 12.4. The summed E-state index contributed by atoms with van der Waals surface area (Å²) in [5.74, 6) is 0.618. The minimum absolute atomic E-state index is 0.0303. The molecule has 0 fully saturated rings. The standard InChI is InChI=1S/C44H32N2O2/c1-44(2)35-16-8-6-14-31(35)34-25-29(21-23-36(34)44)46(30-20-22-33-32-15-7-9-18-39(32)47-40(33)26-30)38-17-10-13-27-19-24-37-42(41(27)38)48-43(45-37)28-11-4-3-5-12-28/h3-5,7-13,15-26H,6,14H2,1-2H3. The Labute approximate surface area is 278 Å². The summed E-state index contributed by atoms with van der Waals surface area (Å²) in [6.07, 6.45) is 6.81. The van der Waals surface area contributed by atoms with Gasteiger partial charge in [-0.3, -0.25) is 0 Å². The largest absolute Gasteiger partial charge is 0.456 e. The summed E-state index contributed by atoms with van der Waals surface area (Å²) in [7, 11) is 0. The van der Waals surface area contributed by atoms with Crippen molar-refractivity contribution in [3.63, 3.8) is 0 Å². The van der Waals surface area contributed by atoms with E-state index in [-0.39, 0.29) is 5.41 Å². The van der Waals surface area contributed by atoms with Crippen molar-refractivity contribution in [1.82, 2.24) is 4.98 Å². The van der Waals surface area contributed by atoms with E-state index >= 15 is 0 Å². The van der Waals surface area contributed by atoms with Gasteiger partial charge < -0.3 is 13.7 Å². The van der Waals surface area contributed by atoms with Gasteiger partial charge in [-0.05, 0) is 95.1 Å². The van der Waals surface area contributed by atoms with Gasteiger partial charge in [-0.1, -0.05) is 86.7 Å². The maximum Gasteiger partial charge on any atom is 0.227 e. The Balaban J connectivity index is 1.25. The fourth-order valence-electron chi connectivity index (χ4n) is 8.05. The van der Waals surface area contributed by atoms with E-state index in [1.54, 1.807) is 0 Å². The second-order valence-corrected chi connectivity index (χ2v) is 13.5. The van der Waals surface area contributed by atoms with E-state index in [1.165, 1.54) is 22.3 Å². The summed E-state index contributed by atoms with van der Waals surface area (Å²) in [6.45, 7) is 4.71. The minimum atomic E-state index is -0.0303. The number of hydrogen-bond acceptors (Lipinski definition) is 4. The zero-order valence-corrected chi connectivity index (χ0v) is 26.8. The SMILES string of the molecule is CC1(C)C2=C(CCC=C2)c2cc(N(c3ccc4c(c3)oc3ccccc34)c3cccc4ccc5nc(-c6ccccc6)oc5c34)ccc21. The lowest BCUT2D eigenvalue weighted by Gasteiger charge is -2.28. The van der Waals surface area contributed by atoms with Crippen molar-refractivity contribution in [2.75, 3.05) is 4.90 Å². The van der Waals surface area contributed by atoms with E-state index in [1.807, 2.05) is 42.5 Å². The molecule has 6 aromatic carbocycles. The Morgan fingerprint density at radius 1 is 0.708 bits per heavy atom. The molecule has 10 rings (SSSR count). The molecule has 0 atom stereocenters. The van der Waals surface area contributed by atoms with Gasteiger partial charge in [-0.15, -0.1) is 0 Å². The Morgan fingerprint density at radius 3 is 2.44 bits per heavy atom. The number of nitrogens with zero attached hydrogens (tertiary/aromatic N) is 2. The van der Waals surface area contributed by atoms with Gasteiger partial charge in [0.15, 0.2) is 5.58 Å². The quantitative estimate of drug-likeness (QED) is 0.196. The number of benzene rings is 6. The Morgan fingerprint density at radius 2 is 1.52 bits per heavy atom. The van der Waals surface area contributed by atoms with Crippen LogP contribution in [0.4, 0.5) is 17.1 Å². The molecule has 0 spiro atoms. The topological polar surface area (TPSA) is 42.4 Å². The number of allylic oxidation sites excluding steroid dienone is 4. The predicted molar refractivity (Wildman–Crippen MR) is 197 cm³/mol. The third-order valence-electron chi connectivity index (χ3n) is 10.4. The number of oxazole rings is 1. The van der Waals surface area contributed by atoms with E-state index in [4.69, 9.17) is 13.8 Å². The van der Waals surface area contributed by atoms with Gasteiger partial charge in [-0.25, -0.2) is 4.98 Å². The first-order valence-electron chi connectivity index (χ1n) is 16.7. The fraction of sp³-hybridized carbons (Fsp3) is 0.114. The zero-order valence-electron chi connectivity index (χ0n) is 26.8. The average molecular weight is 621 g/mol. The van der Waals surface area contributed by atoms with Crippen LogP contribution in [0.5, 0.6) is 0 Å². The maximum absolute atomic E-state index is 6.64. The molecular formula is C44H32N2O2. The molecule has 230 valence electrons. The molecule has 2 heterocycles. The molecular weight excluding hydrogens is 588 g/mol. The molecule has 0 radical (unpaired) electrons. The van der Waals surface area contributed by atoms with E-state index in [2.05, 4.69) is 110 Å². The normalized spacial score (nSPS) is 15.1. The molecule has 2 aromatic heterocycles. The second-order valence-electron chi connectivity index (χ2n) is 13.5. The van der Waals surface area contributed by atoms with Crippen molar-refractivity contribution in [1.29, 1.82) is 0 Å². The summed E-state index contributed by atoms with van der Waals surface area (Å²) in [6, 6.07) is 42.7. The van der Waals surface area contributed by atoms with E-state index in [9.17, 15) is 0 Å². The van der Waals surface area contributed by atoms with Gasteiger partial charge in [0.1, 0.15) is 16.7 Å². The first-order valence-corrected chi connectivity index (χ1v) is 16.7. The summed E-state index contributed by atoms with van der Waals surface area (Å²) in [4.78, 5) is 7.30. The summed E-state index contributed by atoms with van der Waals surface area (Å²) in [5, 5.41) is 4.35. The molecule has 0 bridgehead atoms. The zero-order chi connectivity index (χ0) is 32.0. The molecule has 4 heteroatoms. The molecule has 0 saturated heterocycles. The van der Waals surface area contributed by atoms with E-state index in [0.717, 1.165) is 79.3 Å². The highest BCUT2D eigenvalue weighted by Gasteiger charge is 2.37. The molecule has 2 aliphatic rings. The summed E-state index contributed by atoms with van der Waals surface area (Å²) in [5.41, 5.74) is 13.1. The fourth-order valence-corrected chi connectivity index (χ4v) is 8.05. The Kier molecular flexibility index (Phi) is 5.72. The van der Waals surface area contributed by atoms with E-state index < -0.39 is 0 Å². The van der Waals surface area contributed by atoms with Crippen LogP contribution >= 0.6 is 0 Å². The smallest absolute Gasteiger partial charge is 0.227 e. The highest BCUT2D eigenvalue weighted by atomic mass is 16.3. The lowest BCUT2D eigenvalue weighted by Crippen LogP contribution is -2.17. The third-order valence-corrected chi connectivity index (χ3v) is 10.4. The number of aromatic nitrogens is 1. The van der Waals surface area contributed by atoms with Crippen LogP contribution in [0.3, 0.4) is 0 Å². The van der Waals surface area contributed by atoms with Gasteiger partial charge in [0.05, 0.1) is 11.1 Å². The Bertz CT molecular complexity index is 2650. The van der Waals surface area contributed by atoms with Crippen LogP contribution in [0, 0.1) is 0 Å². The highest BCUT2D eigenvalue weighted by molar-refractivity contribution is 6.13. The monoisotopic (exact) mass is 620 g/mol. The highest BCUT2D eigenvalue weighted by Crippen LogP contribution is 2.52. The number of anilines is 3. The minimum Gasteiger partial charge on any atom is -0.456 e. The van der Waals surface area contributed by atoms with Crippen molar-refractivity contribution in [3.05, 3.63) is 150 Å². The number of para-hydroxylation sites is 1. The molecule has 0 amide bonds. The summed E-state index contributed by atoms with van der Waals surface area (Å²) < 4.78 is 13.1. The van der Waals surface area contributed by atoms with Crippen LogP contribution in [-0.4, -0.2) is 4.98 Å². The average Bonchev–Trinajstić information content (AvgIpc) is 3.79. The molecule has 0 aliphatic heterocycles. The molecule has 8 aromatic rings. The molecule has 0 N–H and O–H groups in total. The first-order chi connectivity index (χ1) is 23.5. The van der Waals surface area contributed by atoms with Crippen molar-refractivity contribution in [2.45, 2.75) is 32.1 Å². The van der Waals surface area contributed by atoms with Crippen LogP contribution in [0.15, 0.2) is 148 Å². The van der Waals surface area contributed by atoms with Crippen LogP contribution in [0.25, 0.3) is 60.8 Å². The molecule has 0 unspecified atom stereocenters. The number of furan rings is 1. The first kappa shape index (κ1) is 27.3. The lowest BCUT2D eigenvalue weighted by atomic mass is 9.80. The molecule has 4 nitrogen and oxygen atoms in total. The maximum atomic E-state index is 6.64. The van der Waals surface area contributed by atoms with Crippen molar-refractivity contribution in [3.8, 4) is 11.5 Å². The van der Waals surface area contributed by atoms with Crippen LogP contribution in [-0.2, 0) is 5.41 Å². The lowest BCUT2D eigenvalue weighted by molar-refractivity contribution is 0.623. The van der Waals surface area contributed by atoms with Crippen molar-refractivity contribution in [2.24, 2.45) is 0 Å². The molecule has 2 aliphatic carbocycles. The van der Waals surface area contributed by atoms with Crippen molar-refractivity contribution < 1.29 is 8.83 Å². The Hall–Kier alpha value is -5.87. The van der Waals surface area contributed by atoms with Crippen molar-refractivity contribution >= 4 is 66.4 Å². The van der Waals surface area contributed by atoms with E-state index in [0.29, 0.717) is 5.89 Å². The molecule has 0 saturated carbocycles. The number of hydrogen-bond donors (Lipinski definition) is 0. The number of rotatable bonds is 4. The summed E-state index contributed by atoms with van der Waals surface area (Å²) >= 11 is 0. The van der Waals surface area contributed by atoms with Crippen LogP contribution in [0.1, 0.15) is 37.8 Å². The molecule has 48 heavy (non-hydrogen) atoms. The van der Waals surface area contributed by atoms with Gasteiger partial charge in [0.25, 0.3) is 0 Å². The number of fused-ring (bicyclic) bond motifs is 8. The van der Waals surface area contributed by atoms with Gasteiger partial charge >= 0.3 is 0 Å². The van der Waals surface area contributed by atoms with Crippen LogP contribution in [0.2, 0.25) is 0 Å². The van der Waals surface area contributed by atoms with Crippen LogP contribution < -0.4 is 4.90 Å². The second kappa shape index (κ2) is 10.1. The van der Waals surface area contributed by atoms with Gasteiger partial charge in [0.2, 0.25) is 5.89 Å². The van der Waals surface area contributed by atoms with Gasteiger partial charge in [0, 0.05) is 39.2 Å². The van der Waals surface area contributed by atoms with Gasteiger partial charge in [-0.2, -0.15) is 0 Å².